The fraction of sp³-hybridized carbons (Fsp3) is 0.591. The maximum Gasteiger partial charge on any atom is 0.255 e. The predicted octanol–water partition coefficient (Wildman–Crippen LogP) is 0.245. The number of ether oxygens (including phenoxy) is 1. The zero-order chi connectivity index (χ0) is 20.9. The standard InChI is InChI=1S/C22H28N4O4/c23-12-22-5-6-30-11-16(22)10-25(13-22)8-14-1-2-15-9-26(21(29)17(15)7-14)18-3-4-19(27)24-20(18)28/h1-2,7,16,18H,3-6,8-13,23H2,(H,24,27,28)/t16-,18?,22+/m0/s1. The number of rotatable bonds is 4. The molecule has 3 amide bonds. The second kappa shape index (κ2) is 7.44. The monoisotopic (exact) mass is 412 g/mol. The Kier molecular flexibility index (Phi) is 4.88. The Labute approximate surface area is 175 Å². The molecule has 1 unspecified atom stereocenters. The molecular weight excluding hydrogens is 384 g/mol. The van der Waals surface area contributed by atoms with Gasteiger partial charge in [0.2, 0.25) is 11.8 Å². The largest absolute Gasteiger partial charge is 0.381 e. The van der Waals surface area contributed by atoms with Crippen molar-refractivity contribution in [2.45, 2.75) is 38.4 Å². The molecule has 3 saturated heterocycles. The summed E-state index contributed by atoms with van der Waals surface area (Å²) in [6.45, 7) is 5.36. The lowest BCUT2D eigenvalue weighted by Gasteiger charge is -2.37. The highest BCUT2D eigenvalue weighted by Gasteiger charge is 2.47. The van der Waals surface area contributed by atoms with Crippen molar-refractivity contribution < 1.29 is 19.1 Å². The molecule has 0 aliphatic carbocycles. The molecule has 1 aromatic carbocycles. The highest BCUT2D eigenvalue weighted by atomic mass is 16.5. The summed E-state index contributed by atoms with van der Waals surface area (Å²) >= 11 is 0. The fourth-order valence-electron chi connectivity index (χ4n) is 5.57. The number of nitrogens with zero attached hydrogens (tertiary/aromatic N) is 2. The van der Waals surface area contributed by atoms with Crippen molar-refractivity contribution in [2.24, 2.45) is 17.1 Å². The summed E-state index contributed by atoms with van der Waals surface area (Å²) in [5.41, 5.74) is 9.00. The van der Waals surface area contributed by atoms with Crippen LogP contribution in [0.15, 0.2) is 18.2 Å². The molecule has 0 bridgehead atoms. The topological polar surface area (TPSA) is 105 Å². The summed E-state index contributed by atoms with van der Waals surface area (Å²) < 4.78 is 5.68. The Morgan fingerprint density at radius 2 is 2.13 bits per heavy atom. The highest BCUT2D eigenvalue weighted by Crippen LogP contribution is 2.41. The van der Waals surface area contributed by atoms with Gasteiger partial charge >= 0.3 is 0 Å². The third-order valence-electron chi connectivity index (χ3n) is 7.35. The maximum atomic E-state index is 13.0. The van der Waals surface area contributed by atoms with Gasteiger partial charge < -0.3 is 15.4 Å². The Hall–Kier alpha value is -2.29. The third-order valence-corrected chi connectivity index (χ3v) is 7.35. The lowest BCUT2D eigenvalue weighted by molar-refractivity contribution is -0.136. The second-order valence-electron chi connectivity index (χ2n) is 9.15. The molecule has 4 aliphatic heterocycles. The van der Waals surface area contributed by atoms with Gasteiger partial charge in [0.25, 0.3) is 5.91 Å². The van der Waals surface area contributed by atoms with Gasteiger partial charge in [0.15, 0.2) is 0 Å². The molecule has 160 valence electrons. The minimum Gasteiger partial charge on any atom is -0.381 e. The zero-order valence-corrected chi connectivity index (χ0v) is 17.1. The van der Waals surface area contributed by atoms with Crippen molar-refractivity contribution in [3.05, 3.63) is 34.9 Å². The molecule has 4 aliphatic rings. The summed E-state index contributed by atoms with van der Waals surface area (Å²) in [5.74, 6) is -0.297. The van der Waals surface area contributed by atoms with Gasteiger partial charge in [0, 0.05) is 56.1 Å². The quantitative estimate of drug-likeness (QED) is 0.687. The van der Waals surface area contributed by atoms with Crippen LogP contribution in [-0.2, 0) is 27.4 Å². The maximum absolute atomic E-state index is 13.0. The lowest BCUT2D eigenvalue weighted by Crippen LogP contribution is -2.52. The number of likely N-dealkylation sites (tertiary alicyclic amines) is 1. The van der Waals surface area contributed by atoms with Crippen LogP contribution in [0.5, 0.6) is 0 Å². The molecule has 8 heteroatoms. The number of carbonyl (C=O) groups is 3. The van der Waals surface area contributed by atoms with Gasteiger partial charge in [-0.05, 0) is 36.6 Å². The number of benzene rings is 1. The Morgan fingerprint density at radius 3 is 2.90 bits per heavy atom. The average Bonchev–Trinajstić information content (AvgIpc) is 3.26. The Bertz CT molecular complexity index is 903. The van der Waals surface area contributed by atoms with Crippen molar-refractivity contribution >= 4 is 17.7 Å². The number of hydrogen-bond donors (Lipinski definition) is 2. The van der Waals surface area contributed by atoms with E-state index >= 15 is 0 Å². The van der Waals surface area contributed by atoms with E-state index in [-0.39, 0.29) is 29.6 Å². The van der Waals surface area contributed by atoms with Crippen molar-refractivity contribution in [1.29, 1.82) is 0 Å². The number of nitrogens with two attached hydrogens (primary N) is 1. The number of piperidine rings is 1. The van der Waals surface area contributed by atoms with E-state index < -0.39 is 6.04 Å². The van der Waals surface area contributed by atoms with Gasteiger partial charge in [-0.15, -0.1) is 0 Å². The first kappa shape index (κ1) is 19.7. The van der Waals surface area contributed by atoms with Gasteiger partial charge in [0.1, 0.15) is 6.04 Å². The number of fused-ring (bicyclic) bond motifs is 2. The normalized spacial score (nSPS) is 31.6. The summed E-state index contributed by atoms with van der Waals surface area (Å²) in [7, 11) is 0. The van der Waals surface area contributed by atoms with Crippen molar-refractivity contribution in [2.75, 3.05) is 32.8 Å². The van der Waals surface area contributed by atoms with E-state index in [1.807, 2.05) is 12.1 Å². The number of carbonyl (C=O) groups excluding carboxylic acids is 3. The van der Waals surface area contributed by atoms with Crippen LogP contribution in [0.2, 0.25) is 0 Å². The van der Waals surface area contributed by atoms with Crippen LogP contribution >= 0.6 is 0 Å². The van der Waals surface area contributed by atoms with E-state index in [1.54, 1.807) is 4.90 Å². The first-order valence-electron chi connectivity index (χ1n) is 10.8. The number of amides is 3. The number of imide groups is 1. The van der Waals surface area contributed by atoms with Gasteiger partial charge in [0.05, 0.1) is 6.61 Å². The first-order chi connectivity index (χ1) is 14.5. The van der Waals surface area contributed by atoms with Crippen LogP contribution in [-0.4, -0.2) is 66.4 Å². The van der Waals surface area contributed by atoms with Crippen LogP contribution in [0.3, 0.4) is 0 Å². The van der Waals surface area contributed by atoms with E-state index in [0.29, 0.717) is 31.0 Å². The first-order valence-corrected chi connectivity index (χ1v) is 10.8. The van der Waals surface area contributed by atoms with E-state index in [4.69, 9.17) is 10.5 Å². The van der Waals surface area contributed by atoms with E-state index in [0.717, 1.165) is 50.4 Å². The smallest absolute Gasteiger partial charge is 0.255 e. The van der Waals surface area contributed by atoms with Crippen LogP contribution in [0, 0.1) is 11.3 Å². The van der Waals surface area contributed by atoms with Gasteiger partial charge in [-0.2, -0.15) is 0 Å². The van der Waals surface area contributed by atoms with Gasteiger partial charge in [-0.1, -0.05) is 12.1 Å². The van der Waals surface area contributed by atoms with Gasteiger partial charge in [-0.3, -0.25) is 24.6 Å². The van der Waals surface area contributed by atoms with E-state index in [1.165, 1.54) is 0 Å². The number of nitrogens with one attached hydrogen (secondary N) is 1. The number of hydrogen-bond acceptors (Lipinski definition) is 6. The van der Waals surface area contributed by atoms with Crippen LogP contribution < -0.4 is 11.1 Å². The molecule has 5 rings (SSSR count). The summed E-state index contributed by atoms with van der Waals surface area (Å²) in [6, 6.07) is 5.47. The molecular formula is C22H28N4O4. The summed E-state index contributed by atoms with van der Waals surface area (Å²) in [4.78, 5) is 40.7. The van der Waals surface area contributed by atoms with Crippen molar-refractivity contribution in [3.63, 3.8) is 0 Å². The zero-order valence-electron chi connectivity index (χ0n) is 17.1. The van der Waals surface area contributed by atoms with Crippen molar-refractivity contribution in [3.8, 4) is 0 Å². The second-order valence-corrected chi connectivity index (χ2v) is 9.15. The molecule has 30 heavy (non-hydrogen) atoms. The minimum absolute atomic E-state index is 0.122. The van der Waals surface area contributed by atoms with Crippen LogP contribution in [0.4, 0.5) is 0 Å². The third kappa shape index (κ3) is 3.23. The Morgan fingerprint density at radius 1 is 1.27 bits per heavy atom. The fourth-order valence-corrected chi connectivity index (χ4v) is 5.57. The molecule has 3 fully saturated rings. The molecule has 1 aromatic rings. The predicted molar refractivity (Wildman–Crippen MR) is 108 cm³/mol. The Balaban J connectivity index is 1.30. The molecule has 4 heterocycles. The van der Waals surface area contributed by atoms with E-state index in [9.17, 15) is 14.4 Å². The SMILES string of the molecule is NC[C@@]12CCOC[C@@H]1CN(Cc1ccc3c(c1)C(=O)N(C1CCC(=O)NC1=O)C3)C2. The molecule has 0 radical (unpaired) electrons. The van der Waals surface area contributed by atoms with Crippen LogP contribution in [0.25, 0.3) is 0 Å². The van der Waals surface area contributed by atoms with Crippen molar-refractivity contribution in [1.82, 2.24) is 15.1 Å². The molecule has 3 atom stereocenters. The lowest BCUT2D eigenvalue weighted by atomic mass is 9.74. The molecule has 0 saturated carbocycles. The molecule has 3 N–H and O–H groups in total. The molecule has 0 spiro atoms. The minimum atomic E-state index is -0.572. The molecule has 0 aromatic heterocycles. The summed E-state index contributed by atoms with van der Waals surface area (Å²) in [6.07, 6.45) is 1.66. The van der Waals surface area contributed by atoms with Crippen LogP contribution in [0.1, 0.15) is 40.7 Å². The van der Waals surface area contributed by atoms with E-state index in [2.05, 4.69) is 16.3 Å². The summed E-state index contributed by atoms with van der Waals surface area (Å²) in [5, 5.41) is 2.35. The average molecular weight is 412 g/mol. The molecule has 8 nitrogen and oxygen atoms in total. The van der Waals surface area contributed by atoms with Gasteiger partial charge in [-0.25, -0.2) is 0 Å². The highest BCUT2D eigenvalue weighted by molar-refractivity contribution is 6.05.